The Bertz CT molecular complexity index is 1130. The number of alkyl halides is 6. The number of carbonyl (C=O) groups is 1. The zero-order valence-corrected chi connectivity index (χ0v) is 18.0. The van der Waals surface area contributed by atoms with Crippen LogP contribution >= 0.6 is 0 Å². The van der Waals surface area contributed by atoms with Gasteiger partial charge in [0.25, 0.3) is 11.5 Å². The third-order valence-corrected chi connectivity index (χ3v) is 7.25. The molecule has 0 radical (unpaired) electrons. The number of benzene rings is 2. The molecule has 0 spiro atoms. The molecule has 1 aliphatic carbocycles. The van der Waals surface area contributed by atoms with Crippen LogP contribution in [0.2, 0.25) is 0 Å². The molecule has 3 rings (SSSR count). The van der Waals surface area contributed by atoms with E-state index in [0.29, 0.717) is 24.3 Å². The minimum absolute atomic E-state index is 0.00316. The molecular formula is C21H19F6NO5S. The second-order valence-electron chi connectivity index (χ2n) is 7.97. The van der Waals surface area contributed by atoms with Crippen LogP contribution in [-0.2, 0) is 20.2 Å². The highest BCUT2D eigenvalue weighted by Gasteiger charge is 2.71. The summed E-state index contributed by atoms with van der Waals surface area (Å²) in [7, 11) is -3.51. The normalized spacial score (nSPS) is 16.2. The molecule has 0 aliphatic heterocycles. The maximum absolute atomic E-state index is 12.9. The number of amides is 1. The number of halogens is 6. The molecule has 2 aromatic carbocycles. The first-order valence-electron chi connectivity index (χ1n) is 9.84. The minimum atomic E-state index is -6.05. The van der Waals surface area contributed by atoms with Gasteiger partial charge in [0.15, 0.2) is 15.9 Å². The summed E-state index contributed by atoms with van der Waals surface area (Å²) in [5.41, 5.74) is -6.84. The van der Waals surface area contributed by atoms with Crippen LogP contribution in [-0.4, -0.2) is 42.6 Å². The Balaban J connectivity index is 1.72. The minimum Gasteiger partial charge on any atom is -0.378 e. The molecule has 1 saturated carbocycles. The maximum atomic E-state index is 12.9. The number of hydrogen-bond donors (Lipinski definition) is 3. The van der Waals surface area contributed by atoms with Crippen molar-refractivity contribution < 1.29 is 49.8 Å². The standard InChI is InChI=1S/C21H19F6NO5S/c22-20(23,24)19(31,21(25,26)27)14-5-7-15(8-6-14)28-18(30)17(29)13-3-9-16(10-4-13)34(32,33)11-12-1-2-12/h3-10,12,17,29,31H,1-2,11H2,(H,28,30). The summed E-state index contributed by atoms with van der Waals surface area (Å²) in [5.74, 6) is -0.942. The van der Waals surface area contributed by atoms with Crippen LogP contribution in [0.5, 0.6) is 0 Å². The quantitative estimate of drug-likeness (QED) is 0.490. The van der Waals surface area contributed by atoms with Gasteiger partial charge in [0.05, 0.1) is 10.6 Å². The predicted molar refractivity (Wildman–Crippen MR) is 107 cm³/mol. The predicted octanol–water partition coefficient (Wildman–Crippen LogP) is 3.85. The van der Waals surface area contributed by atoms with E-state index in [-0.39, 0.29) is 27.8 Å². The van der Waals surface area contributed by atoms with Gasteiger partial charge in [-0.1, -0.05) is 24.3 Å². The lowest BCUT2D eigenvalue weighted by molar-refractivity contribution is -0.376. The topological polar surface area (TPSA) is 104 Å². The summed E-state index contributed by atoms with van der Waals surface area (Å²) in [6.45, 7) is 0. The van der Waals surface area contributed by atoms with Crippen molar-refractivity contribution in [1.82, 2.24) is 0 Å². The molecule has 0 bridgehead atoms. The molecule has 1 atom stereocenters. The molecule has 34 heavy (non-hydrogen) atoms. The van der Waals surface area contributed by atoms with Gasteiger partial charge in [0, 0.05) is 11.3 Å². The van der Waals surface area contributed by atoms with Crippen molar-refractivity contribution in [3.8, 4) is 0 Å². The third-order valence-electron chi connectivity index (χ3n) is 5.35. The highest BCUT2D eigenvalue weighted by atomic mass is 32.2. The van der Waals surface area contributed by atoms with Crippen LogP contribution in [0.1, 0.15) is 30.1 Å². The molecule has 13 heteroatoms. The number of rotatable bonds is 7. The first-order valence-corrected chi connectivity index (χ1v) is 11.5. The van der Waals surface area contributed by atoms with Crippen LogP contribution in [0, 0.1) is 5.92 Å². The second-order valence-corrected chi connectivity index (χ2v) is 10.0. The van der Waals surface area contributed by atoms with Gasteiger partial charge >= 0.3 is 12.4 Å². The Morgan fingerprint density at radius 1 is 0.941 bits per heavy atom. The van der Waals surface area contributed by atoms with E-state index in [4.69, 9.17) is 0 Å². The van der Waals surface area contributed by atoms with Gasteiger partial charge in [-0.05, 0) is 48.6 Å². The fourth-order valence-electron chi connectivity index (χ4n) is 3.19. The van der Waals surface area contributed by atoms with Crippen LogP contribution in [0.4, 0.5) is 32.0 Å². The van der Waals surface area contributed by atoms with Gasteiger partial charge in [-0.3, -0.25) is 4.79 Å². The van der Waals surface area contributed by atoms with Crippen LogP contribution in [0.15, 0.2) is 53.4 Å². The molecule has 1 aliphatic rings. The second kappa shape index (κ2) is 8.86. The van der Waals surface area contributed by atoms with Crippen molar-refractivity contribution in [2.24, 2.45) is 5.92 Å². The number of anilines is 1. The molecule has 186 valence electrons. The summed E-state index contributed by atoms with van der Waals surface area (Å²) >= 11 is 0. The maximum Gasteiger partial charge on any atom is 0.430 e. The number of carbonyl (C=O) groups excluding carboxylic acids is 1. The molecule has 3 N–H and O–H groups in total. The summed E-state index contributed by atoms with van der Waals surface area (Å²) < 4.78 is 102. The number of nitrogens with one attached hydrogen (secondary N) is 1. The number of sulfone groups is 1. The van der Waals surface area contributed by atoms with Crippen LogP contribution in [0.3, 0.4) is 0 Å². The van der Waals surface area contributed by atoms with E-state index in [9.17, 15) is 49.8 Å². The third kappa shape index (κ3) is 5.20. The lowest BCUT2D eigenvalue weighted by Crippen LogP contribution is -2.53. The van der Waals surface area contributed by atoms with E-state index in [0.717, 1.165) is 12.8 Å². The van der Waals surface area contributed by atoms with Gasteiger partial charge in [-0.25, -0.2) is 8.42 Å². The Morgan fingerprint density at radius 3 is 1.88 bits per heavy atom. The Kier molecular flexibility index (Phi) is 6.77. The molecule has 0 heterocycles. The Hall–Kier alpha value is -2.64. The van der Waals surface area contributed by atoms with Crippen molar-refractivity contribution >= 4 is 21.4 Å². The van der Waals surface area contributed by atoms with Crippen molar-refractivity contribution in [3.05, 3.63) is 59.7 Å². The molecule has 0 aromatic heterocycles. The van der Waals surface area contributed by atoms with E-state index >= 15 is 0 Å². The van der Waals surface area contributed by atoms with E-state index < -0.39 is 45.4 Å². The molecule has 6 nitrogen and oxygen atoms in total. The molecule has 2 aromatic rings. The highest BCUT2D eigenvalue weighted by molar-refractivity contribution is 7.91. The molecule has 1 fully saturated rings. The van der Waals surface area contributed by atoms with Gasteiger partial charge in [-0.15, -0.1) is 0 Å². The summed E-state index contributed by atoms with van der Waals surface area (Å²) in [4.78, 5) is 12.3. The first-order chi connectivity index (χ1) is 15.6. The van der Waals surface area contributed by atoms with E-state index in [2.05, 4.69) is 5.32 Å². The Labute approximate surface area is 190 Å². The van der Waals surface area contributed by atoms with Crippen LogP contribution in [0.25, 0.3) is 0 Å². The SMILES string of the molecule is O=C(Nc1ccc(C(O)(C(F)(F)F)C(F)(F)F)cc1)C(O)c1ccc(S(=O)(=O)CC2CC2)cc1. The fourth-order valence-corrected chi connectivity index (χ4v) is 4.89. The fraction of sp³-hybridized carbons (Fsp3) is 0.381. The smallest absolute Gasteiger partial charge is 0.378 e. The zero-order chi connectivity index (χ0) is 25.5. The Morgan fingerprint density at radius 2 is 1.44 bits per heavy atom. The lowest BCUT2D eigenvalue weighted by Gasteiger charge is -2.32. The number of aliphatic hydroxyl groups excluding tert-OH is 1. The summed E-state index contributed by atoms with van der Waals surface area (Å²) in [6, 6.07) is 7.01. The van der Waals surface area contributed by atoms with Crippen molar-refractivity contribution in [2.75, 3.05) is 11.1 Å². The molecular weight excluding hydrogens is 492 g/mol. The average molecular weight is 511 g/mol. The van der Waals surface area contributed by atoms with Crippen molar-refractivity contribution in [1.29, 1.82) is 0 Å². The molecule has 0 saturated heterocycles. The lowest BCUT2D eigenvalue weighted by atomic mass is 9.92. The number of hydrogen-bond acceptors (Lipinski definition) is 5. The van der Waals surface area contributed by atoms with Crippen molar-refractivity contribution in [3.63, 3.8) is 0 Å². The molecule has 1 unspecified atom stereocenters. The zero-order valence-electron chi connectivity index (χ0n) is 17.2. The summed E-state index contributed by atoms with van der Waals surface area (Å²) in [6.07, 6.45) is -12.2. The van der Waals surface area contributed by atoms with Crippen LogP contribution < -0.4 is 5.32 Å². The van der Waals surface area contributed by atoms with Crippen molar-refractivity contribution in [2.45, 2.75) is 41.8 Å². The van der Waals surface area contributed by atoms with E-state index in [1.54, 1.807) is 0 Å². The van der Waals surface area contributed by atoms with E-state index in [1.165, 1.54) is 24.3 Å². The molecule has 1 amide bonds. The van der Waals surface area contributed by atoms with Gasteiger partial charge in [0.2, 0.25) is 0 Å². The first kappa shape index (κ1) is 26.0. The highest BCUT2D eigenvalue weighted by Crippen LogP contribution is 2.50. The summed E-state index contributed by atoms with van der Waals surface area (Å²) in [5, 5.41) is 21.7. The monoisotopic (exact) mass is 511 g/mol. The van der Waals surface area contributed by atoms with Gasteiger partial charge in [0.1, 0.15) is 0 Å². The van der Waals surface area contributed by atoms with E-state index in [1.807, 2.05) is 0 Å². The van der Waals surface area contributed by atoms with Gasteiger partial charge in [-0.2, -0.15) is 26.3 Å². The largest absolute Gasteiger partial charge is 0.430 e. The average Bonchev–Trinajstić information content (AvgIpc) is 3.55. The number of aliphatic hydroxyl groups is 2. The van der Waals surface area contributed by atoms with Gasteiger partial charge < -0.3 is 15.5 Å².